The average Bonchev–Trinajstić information content (AvgIpc) is 1.77. The Balaban J connectivity index is 2.19. The third-order valence-electron chi connectivity index (χ3n) is 2.33. The van der Waals surface area contributed by atoms with Crippen molar-refractivity contribution >= 4 is 0 Å². The van der Waals surface area contributed by atoms with Gasteiger partial charge in [-0.25, -0.2) is 0 Å². The third kappa shape index (κ3) is 3.06. The van der Waals surface area contributed by atoms with Crippen molar-refractivity contribution in [3.05, 3.63) is 11.6 Å². The number of rotatable bonds is 3. The van der Waals surface area contributed by atoms with Crippen molar-refractivity contribution in [2.24, 2.45) is 5.92 Å². The molecule has 0 aliphatic heterocycles. The SMILES string of the molecule is CC(C)=CC(O)CC1CCC1. The predicted octanol–water partition coefficient (Wildman–Crippen LogP) is 2.50. The van der Waals surface area contributed by atoms with E-state index >= 15 is 0 Å². The molecule has 0 saturated heterocycles. The van der Waals surface area contributed by atoms with Gasteiger partial charge < -0.3 is 5.11 Å². The van der Waals surface area contributed by atoms with Gasteiger partial charge >= 0.3 is 0 Å². The fraction of sp³-hybridized carbons (Fsp3) is 0.800. The summed E-state index contributed by atoms with van der Waals surface area (Å²) in [6, 6.07) is 0. The minimum absolute atomic E-state index is 0.190. The molecule has 0 radical (unpaired) electrons. The summed E-state index contributed by atoms with van der Waals surface area (Å²) in [5.74, 6) is 0.806. The summed E-state index contributed by atoms with van der Waals surface area (Å²) in [5.41, 5.74) is 1.22. The standard InChI is InChI=1S/C10H18O/c1-8(2)6-10(11)7-9-4-3-5-9/h6,9-11H,3-5,7H2,1-2H3. The van der Waals surface area contributed by atoms with Crippen molar-refractivity contribution in [1.29, 1.82) is 0 Å². The molecule has 0 aromatic rings. The van der Waals surface area contributed by atoms with Crippen LogP contribution in [0.5, 0.6) is 0 Å². The van der Waals surface area contributed by atoms with Gasteiger partial charge in [0.2, 0.25) is 0 Å². The first-order chi connectivity index (χ1) is 5.18. The van der Waals surface area contributed by atoms with Crippen LogP contribution in [-0.2, 0) is 0 Å². The largest absolute Gasteiger partial charge is 0.389 e. The molecule has 0 aromatic heterocycles. The number of aliphatic hydroxyl groups is 1. The van der Waals surface area contributed by atoms with Crippen molar-refractivity contribution in [2.45, 2.75) is 45.6 Å². The molecule has 1 aliphatic rings. The highest BCUT2D eigenvalue weighted by Gasteiger charge is 2.19. The van der Waals surface area contributed by atoms with Crippen molar-refractivity contribution in [1.82, 2.24) is 0 Å². The summed E-state index contributed by atoms with van der Waals surface area (Å²) in [6.45, 7) is 4.06. The van der Waals surface area contributed by atoms with E-state index in [1.165, 1.54) is 24.8 Å². The minimum Gasteiger partial charge on any atom is -0.389 e. The molecule has 0 bridgehead atoms. The van der Waals surface area contributed by atoms with Crippen molar-refractivity contribution in [3.63, 3.8) is 0 Å². The summed E-state index contributed by atoms with van der Waals surface area (Å²) < 4.78 is 0. The molecular weight excluding hydrogens is 136 g/mol. The second-order valence-corrected chi connectivity index (χ2v) is 3.84. The van der Waals surface area contributed by atoms with E-state index in [4.69, 9.17) is 0 Å². The molecule has 1 heteroatoms. The zero-order valence-electron chi connectivity index (χ0n) is 7.51. The fourth-order valence-corrected chi connectivity index (χ4v) is 1.52. The van der Waals surface area contributed by atoms with Crippen LogP contribution in [0.3, 0.4) is 0 Å². The second-order valence-electron chi connectivity index (χ2n) is 3.84. The Bertz CT molecular complexity index is 141. The van der Waals surface area contributed by atoms with Gasteiger partial charge in [-0.15, -0.1) is 0 Å². The van der Waals surface area contributed by atoms with Gasteiger partial charge in [-0.1, -0.05) is 30.9 Å². The summed E-state index contributed by atoms with van der Waals surface area (Å²) in [5, 5.41) is 9.48. The van der Waals surface area contributed by atoms with Gasteiger partial charge in [0.1, 0.15) is 0 Å². The van der Waals surface area contributed by atoms with Crippen LogP contribution in [0, 0.1) is 5.92 Å². The highest BCUT2D eigenvalue weighted by atomic mass is 16.3. The maximum atomic E-state index is 9.48. The van der Waals surface area contributed by atoms with E-state index in [9.17, 15) is 5.11 Å². The Hall–Kier alpha value is -0.300. The van der Waals surface area contributed by atoms with Crippen LogP contribution in [0.15, 0.2) is 11.6 Å². The topological polar surface area (TPSA) is 20.2 Å². The quantitative estimate of drug-likeness (QED) is 0.619. The van der Waals surface area contributed by atoms with Crippen LogP contribution in [0.25, 0.3) is 0 Å². The van der Waals surface area contributed by atoms with E-state index in [1.807, 2.05) is 19.9 Å². The van der Waals surface area contributed by atoms with Gasteiger partial charge in [-0.2, -0.15) is 0 Å². The molecule has 1 rings (SSSR count). The normalized spacial score (nSPS) is 20.6. The van der Waals surface area contributed by atoms with Gasteiger partial charge in [0, 0.05) is 0 Å². The summed E-state index contributed by atoms with van der Waals surface area (Å²) in [7, 11) is 0. The van der Waals surface area contributed by atoms with E-state index in [1.54, 1.807) is 0 Å². The Morgan fingerprint density at radius 3 is 2.55 bits per heavy atom. The monoisotopic (exact) mass is 154 g/mol. The van der Waals surface area contributed by atoms with Gasteiger partial charge in [0.05, 0.1) is 6.10 Å². The van der Waals surface area contributed by atoms with E-state index in [0.717, 1.165) is 12.3 Å². The molecule has 0 heterocycles. The predicted molar refractivity (Wildman–Crippen MR) is 47.4 cm³/mol. The van der Waals surface area contributed by atoms with Crippen LogP contribution >= 0.6 is 0 Å². The smallest absolute Gasteiger partial charge is 0.0725 e. The van der Waals surface area contributed by atoms with Crippen LogP contribution in [0.4, 0.5) is 0 Å². The molecule has 1 N–H and O–H groups in total. The van der Waals surface area contributed by atoms with Gasteiger partial charge in [0.15, 0.2) is 0 Å². The Morgan fingerprint density at radius 2 is 2.18 bits per heavy atom. The minimum atomic E-state index is -0.190. The molecule has 1 saturated carbocycles. The second kappa shape index (κ2) is 3.91. The number of allylic oxidation sites excluding steroid dienone is 1. The first kappa shape index (κ1) is 8.79. The van der Waals surface area contributed by atoms with Crippen LogP contribution in [-0.4, -0.2) is 11.2 Å². The van der Waals surface area contributed by atoms with E-state index in [0.29, 0.717) is 0 Å². The number of hydrogen-bond donors (Lipinski definition) is 1. The van der Waals surface area contributed by atoms with Gasteiger partial charge in [-0.3, -0.25) is 0 Å². The Morgan fingerprint density at radius 1 is 1.55 bits per heavy atom. The zero-order chi connectivity index (χ0) is 8.27. The zero-order valence-corrected chi connectivity index (χ0v) is 7.51. The molecule has 1 nitrogen and oxygen atoms in total. The Kier molecular flexibility index (Phi) is 3.13. The molecule has 1 unspecified atom stereocenters. The first-order valence-corrected chi connectivity index (χ1v) is 4.51. The van der Waals surface area contributed by atoms with Gasteiger partial charge in [0.25, 0.3) is 0 Å². The first-order valence-electron chi connectivity index (χ1n) is 4.51. The molecule has 64 valence electrons. The maximum Gasteiger partial charge on any atom is 0.0725 e. The molecule has 0 amide bonds. The maximum absolute atomic E-state index is 9.48. The van der Waals surface area contributed by atoms with E-state index in [2.05, 4.69) is 0 Å². The molecule has 0 spiro atoms. The van der Waals surface area contributed by atoms with E-state index < -0.39 is 0 Å². The van der Waals surface area contributed by atoms with Crippen molar-refractivity contribution in [3.8, 4) is 0 Å². The third-order valence-corrected chi connectivity index (χ3v) is 2.33. The molecule has 0 aromatic carbocycles. The lowest BCUT2D eigenvalue weighted by atomic mass is 9.81. The molecular formula is C10H18O. The average molecular weight is 154 g/mol. The number of hydrogen-bond acceptors (Lipinski definition) is 1. The van der Waals surface area contributed by atoms with Crippen LogP contribution in [0.2, 0.25) is 0 Å². The number of aliphatic hydroxyl groups excluding tert-OH is 1. The lowest BCUT2D eigenvalue weighted by Gasteiger charge is -2.26. The van der Waals surface area contributed by atoms with E-state index in [-0.39, 0.29) is 6.10 Å². The summed E-state index contributed by atoms with van der Waals surface area (Å²) in [4.78, 5) is 0. The summed E-state index contributed by atoms with van der Waals surface area (Å²) in [6.07, 6.45) is 6.77. The molecule has 1 aliphatic carbocycles. The lowest BCUT2D eigenvalue weighted by molar-refractivity contribution is 0.154. The molecule has 11 heavy (non-hydrogen) atoms. The van der Waals surface area contributed by atoms with Crippen molar-refractivity contribution < 1.29 is 5.11 Å². The highest BCUT2D eigenvalue weighted by Crippen LogP contribution is 2.30. The lowest BCUT2D eigenvalue weighted by Crippen LogP contribution is -2.17. The van der Waals surface area contributed by atoms with Crippen LogP contribution < -0.4 is 0 Å². The van der Waals surface area contributed by atoms with Gasteiger partial charge in [-0.05, 0) is 26.2 Å². The van der Waals surface area contributed by atoms with Crippen molar-refractivity contribution in [2.75, 3.05) is 0 Å². The molecule has 1 atom stereocenters. The highest BCUT2D eigenvalue weighted by molar-refractivity contribution is 4.98. The molecule has 1 fully saturated rings. The summed E-state index contributed by atoms with van der Waals surface area (Å²) >= 11 is 0. The van der Waals surface area contributed by atoms with Crippen LogP contribution in [0.1, 0.15) is 39.5 Å². The fourth-order valence-electron chi connectivity index (χ4n) is 1.52. The Labute approximate surface area is 69.1 Å².